The minimum absolute atomic E-state index is 0.0193. The van der Waals surface area contributed by atoms with E-state index in [2.05, 4.69) is 0 Å². The summed E-state index contributed by atoms with van der Waals surface area (Å²) in [6.45, 7) is 2.10. The third kappa shape index (κ3) is 3.80. The van der Waals surface area contributed by atoms with Gasteiger partial charge in [-0.25, -0.2) is 0 Å². The Bertz CT molecular complexity index is 1380. The number of amides is 1. The van der Waals surface area contributed by atoms with E-state index in [-0.39, 0.29) is 18.1 Å². The van der Waals surface area contributed by atoms with Crippen molar-refractivity contribution in [3.63, 3.8) is 0 Å². The number of anilines is 1. The van der Waals surface area contributed by atoms with Crippen LogP contribution in [0.4, 0.5) is 5.69 Å². The standard InChI is InChI=1S/C28H25NO7/c1-4-16-5-7-17(8-6-16)26(30)24-25(18-9-11-20(33-2)22(13-18)34-3)29(28(32)27(24)31)19-10-12-21-23(14-19)36-15-35-21/h5-14,25,30H,4,15H2,1-3H3/b26-24+. The molecule has 1 unspecified atom stereocenters. The fraction of sp³-hybridized carbons (Fsp3) is 0.214. The van der Waals surface area contributed by atoms with Crippen molar-refractivity contribution in [1.82, 2.24) is 0 Å². The Balaban J connectivity index is 1.71. The number of methoxy groups -OCH3 is 2. The van der Waals surface area contributed by atoms with Crippen molar-refractivity contribution >= 4 is 23.1 Å². The molecule has 2 aliphatic rings. The summed E-state index contributed by atoms with van der Waals surface area (Å²) in [5.74, 6) is 0.142. The molecule has 0 aromatic heterocycles. The molecule has 5 rings (SSSR count). The second-order valence-corrected chi connectivity index (χ2v) is 8.37. The smallest absolute Gasteiger partial charge is 0.300 e. The van der Waals surface area contributed by atoms with E-state index < -0.39 is 17.7 Å². The van der Waals surface area contributed by atoms with Gasteiger partial charge in [0.25, 0.3) is 11.7 Å². The number of rotatable bonds is 6. The van der Waals surface area contributed by atoms with Gasteiger partial charge in [-0.15, -0.1) is 0 Å². The average molecular weight is 488 g/mol. The van der Waals surface area contributed by atoms with Crippen LogP contribution in [0.5, 0.6) is 23.0 Å². The van der Waals surface area contributed by atoms with Crippen LogP contribution in [-0.4, -0.2) is 37.8 Å². The molecule has 8 heteroatoms. The van der Waals surface area contributed by atoms with Crippen molar-refractivity contribution < 1.29 is 33.6 Å². The number of ketones is 1. The van der Waals surface area contributed by atoms with Crippen molar-refractivity contribution in [3.05, 3.63) is 82.9 Å². The Kier molecular flexibility index (Phi) is 6.01. The third-order valence-electron chi connectivity index (χ3n) is 6.44. The average Bonchev–Trinajstić information content (AvgIpc) is 3.49. The van der Waals surface area contributed by atoms with Crippen LogP contribution in [0.3, 0.4) is 0 Å². The molecule has 36 heavy (non-hydrogen) atoms. The van der Waals surface area contributed by atoms with Gasteiger partial charge in [0.2, 0.25) is 6.79 Å². The summed E-state index contributed by atoms with van der Waals surface area (Å²) in [6.07, 6.45) is 0.835. The number of ether oxygens (including phenoxy) is 4. The molecule has 184 valence electrons. The number of fused-ring (bicyclic) bond motifs is 1. The molecule has 1 N–H and O–H groups in total. The fourth-order valence-corrected chi connectivity index (χ4v) is 4.53. The van der Waals surface area contributed by atoms with Crippen LogP contribution in [0.15, 0.2) is 66.2 Å². The Morgan fingerprint density at radius 2 is 1.67 bits per heavy atom. The van der Waals surface area contributed by atoms with Crippen LogP contribution >= 0.6 is 0 Å². The second-order valence-electron chi connectivity index (χ2n) is 8.37. The first kappa shape index (κ1) is 23.3. The van der Waals surface area contributed by atoms with E-state index in [1.165, 1.54) is 19.1 Å². The lowest BCUT2D eigenvalue weighted by Gasteiger charge is -2.26. The van der Waals surface area contributed by atoms with Crippen LogP contribution in [0.2, 0.25) is 0 Å². The predicted molar refractivity (Wildman–Crippen MR) is 133 cm³/mol. The maximum Gasteiger partial charge on any atom is 0.300 e. The summed E-state index contributed by atoms with van der Waals surface area (Å²) >= 11 is 0. The minimum Gasteiger partial charge on any atom is -0.507 e. The molecule has 0 aliphatic carbocycles. The van der Waals surface area contributed by atoms with E-state index in [0.717, 1.165) is 12.0 Å². The van der Waals surface area contributed by atoms with Crippen LogP contribution in [0.25, 0.3) is 5.76 Å². The van der Waals surface area contributed by atoms with E-state index in [9.17, 15) is 14.7 Å². The molecule has 1 atom stereocenters. The number of Topliss-reactive ketones (excluding diaryl/α,β-unsaturated/α-hetero) is 1. The number of aryl methyl sites for hydroxylation is 1. The lowest BCUT2D eigenvalue weighted by Crippen LogP contribution is -2.29. The Hall–Kier alpha value is -4.46. The van der Waals surface area contributed by atoms with E-state index >= 15 is 0 Å². The Labute approximate surface area is 208 Å². The zero-order chi connectivity index (χ0) is 25.4. The molecule has 2 heterocycles. The molecular weight excluding hydrogens is 462 g/mol. The van der Waals surface area contributed by atoms with Gasteiger partial charge in [-0.05, 0) is 41.8 Å². The number of aliphatic hydroxyl groups is 1. The molecule has 0 saturated carbocycles. The highest BCUT2D eigenvalue weighted by molar-refractivity contribution is 6.51. The number of nitrogens with zero attached hydrogens (tertiary/aromatic N) is 1. The summed E-state index contributed by atoms with van der Waals surface area (Å²) in [5, 5.41) is 11.3. The first-order valence-corrected chi connectivity index (χ1v) is 11.5. The quantitative estimate of drug-likeness (QED) is 0.308. The largest absolute Gasteiger partial charge is 0.507 e. The molecular formula is C28H25NO7. The van der Waals surface area contributed by atoms with Crippen LogP contribution in [0.1, 0.15) is 29.7 Å². The SMILES string of the molecule is CCc1ccc(/C(O)=C2\C(=O)C(=O)N(c3ccc4c(c3)OCO4)C2c2ccc(OC)c(OC)c2)cc1. The van der Waals surface area contributed by atoms with Gasteiger partial charge in [-0.1, -0.05) is 37.3 Å². The molecule has 1 amide bonds. The van der Waals surface area contributed by atoms with Gasteiger partial charge in [0.1, 0.15) is 5.76 Å². The highest BCUT2D eigenvalue weighted by Gasteiger charge is 2.47. The monoisotopic (exact) mass is 487 g/mol. The minimum atomic E-state index is -0.920. The van der Waals surface area contributed by atoms with Crippen LogP contribution in [-0.2, 0) is 16.0 Å². The zero-order valence-electron chi connectivity index (χ0n) is 20.1. The normalized spacial score (nSPS) is 18.0. The van der Waals surface area contributed by atoms with Crippen LogP contribution in [0, 0.1) is 0 Å². The lowest BCUT2D eigenvalue weighted by atomic mass is 9.94. The Morgan fingerprint density at radius 1 is 0.944 bits per heavy atom. The van der Waals surface area contributed by atoms with Gasteiger partial charge >= 0.3 is 0 Å². The maximum absolute atomic E-state index is 13.4. The highest BCUT2D eigenvalue weighted by atomic mass is 16.7. The van der Waals surface area contributed by atoms with E-state index in [1.807, 2.05) is 19.1 Å². The molecule has 0 radical (unpaired) electrons. The van der Waals surface area contributed by atoms with Gasteiger partial charge in [0, 0.05) is 17.3 Å². The summed E-state index contributed by atoms with van der Waals surface area (Å²) in [7, 11) is 3.03. The van der Waals surface area contributed by atoms with E-state index in [0.29, 0.717) is 39.8 Å². The molecule has 1 saturated heterocycles. The van der Waals surface area contributed by atoms with E-state index in [4.69, 9.17) is 18.9 Å². The summed E-state index contributed by atoms with van der Waals surface area (Å²) < 4.78 is 21.7. The number of benzene rings is 3. The molecule has 0 bridgehead atoms. The fourth-order valence-electron chi connectivity index (χ4n) is 4.53. The van der Waals surface area contributed by atoms with E-state index in [1.54, 1.807) is 48.5 Å². The number of hydrogen-bond acceptors (Lipinski definition) is 7. The number of carbonyl (C=O) groups excluding carboxylic acids is 2. The van der Waals surface area contributed by atoms with Gasteiger partial charge in [0.15, 0.2) is 23.0 Å². The van der Waals surface area contributed by atoms with Crippen molar-refractivity contribution in [2.24, 2.45) is 0 Å². The molecule has 2 aliphatic heterocycles. The number of hydrogen-bond donors (Lipinski definition) is 1. The van der Waals surface area contributed by atoms with Crippen molar-refractivity contribution in [3.8, 4) is 23.0 Å². The highest BCUT2D eigenvalue weighted by Crippen LogP contribution is 2.46. The van der Waals surface area contributed by atoms with Crippen molar-refractivity contribution in [2.45, 2.75) is 19.4 Å². The third-order valence-corrected chi connectivity index (χ3v) is 6.44. The second kappa shape index (κ2) is 9.30. The van der Waals surface area contributed by atoms with Gasteiger partial charge in [0.05, 0.1) is 25.8 Å². The number of carbonyl (C=O) groups is 2. The zero-order valence-corrected chi connectivity index (χ0v) is 20.1. The maximum atomic E-state index is 13.4. The molecule has 8 nitrogen and oxygen atoms in total. The van der Waals surface area contributed by atoms with Crippen LogP contribution < -0.4 is 23.8 Å². The predicted octanol–water partition coefficient (Wildman–Crippen LogP) is 4.62. The molecule has 3 aromatic carbocycles. The summed E-state index contributed by atoms with van der Waals surface area (Å²) in [4.78, 5) is 28.2. The molecule has 0 spiro atoms. The summed E-state index contributed by atoms with van der Waals surface area (Å²) in [6, 6.07) is 16.5. The molecule has 3 aromatic rings. The van der Waals surface area contributed by atoms with Gasteiger partial charge < -0.3 is 24.1 Å². The molecule has 1 fully saturated rings. The Morgan fingerprint density at radius 3 is 2.36 bits per heavy atom. The van der Waals surface area contributed by atoms with Crippen molar-refractivity contribution in [1.29, 1.82) is 0 Å². The van der Waals surface area contributed by atoms with Gasteiger partial charge in [-0.2, -0.15) is 0 Å². The van der Waals surface area contributed by atoms with Crippen molar-refractivity contribution in [2.75, 3.05) is 25.9 Å². The summed E-state index contributed by atoms with van der Waals surface area (Å²) in [5.41, 5.74) is 2.51. The number of aliphatic hydroxyl groups excluding tert-OH is 1. The first-order valence-electron chi connectivity index (χ1n) is 11.5. The topological polar surface area (TPSA) is 94.5 Å². The first-order chi connectivity index (χ1) is 17.5. The van der Waals surface area contributed by atoms with Gasteiger partial charge in [-0.3, -0.25) is 14.5 Å². The lowest BCUT2D eigenvalue weighted by molar-refractivity contribution is -0.132.